The molecule has 42 valence electrons. The summed E-state index contributed by atoms with van der Waals surface area (Å²) in [6, 6.07) is 1.65. The molecule has 2 nitrogen and oxygen atoms in total. The summed E-state index contributed by atoms with van der Waals surface area (Å²) in [6.07, 6.45) is 0. The lowest BCUT2D eigenvalue weighted by atomic mass is 10.4. The van der Waals surface area contributed by atoms with Crippen molar-refractivity contribution in [1.29, 1.82) is 5.26 Å². The van der Waals surface area contributed by atoms with Crippen molar-refractivity contribution < 1.29 is 0 Å². The second-order valence-electron chi connectivity index (χ2n) is 1.19. The topological polar surface area (TPSA) is 49.8 Å². The van der Waals surface area contributed by atoms with Crippen LogP contribution in [0.3, 0.4) is 0 Å². The Kier molecular flexibility index (Phi) is 4.46. The molecule has 0 aromatic carbocycles. The van der Waals surface area contributed by atoms with E-state index in [1.807, 2.05) is 0 Å². The first kappa shape index (κ1) is 10.1. The molecule has 0 rings (SSSR count). The van der Waals surface area contributed by atoms with Gasteiger partial charge in [0.25, 0.3) is 0 Å². The average Bonchev–Trinajstić information content (AvgIpc) is 1.35. The van der Waals surface area contributed by atoms with Gasteiger partial charge in [-0.1, -0.05) is 11.6 Å². The van der Waals surface area contributed by atoms with Crippen LogP contribution in [0, 0.1) is 11.3 Å². The minimum atomic E-state index is -1.18. The van der Waals surface area contributed by atoms with E-state index in [0.717, 1.165) is 0 Å². The van der Waals surface area contributed by atoms with Crippen molar-refractivity contribution in [3.8, 4) is 6.07 Å². The molecule has 7 heavy (non-hydrogen) atoms. The first-order valence-electron chi connectivity index (χ1n) is 1.45. The smallest absolute Gasteiger partial charge is 0.176 e. The van der Waals surface area contributed by atoms with Gasteiger partial charge < -0.3 is 5.73 Å². The minimum absolute atomic E-state index is 0. The van der Waals surface area contributed by atoms with Crippen LogP contribution in [-0.4, -0.2) is 5.00 Å². The number of nitrogens with zero attached hydrogens (tertiary/aromatic N) is 1. The molecule has 0 radical (unpaired) electrons. The maximum Gasteiger partial charge on any atom is 0.176 e. The Morgan fingerprint density at radius 2 is 2.00 bits per heavy atom. The molecule has 1 unspecified atom stereocenters. The van der Waals surface area contributed by atoms with Gasteiger partial charge >= 0.3 is 0 Å². The van der Waals surface area contributed by atoms with Crippen molar-refractivity contribution >= 4 is 24.0 Å². The van der Waals surface area contributed by atoms with E-state index in [2.05, 4.69) is 0 Å². The lowest BCUT2D eigenvalue weighted by molar-refractivity contribution is 0.847. The fraction of sp³-hybridized carbons (Fsp3) is 0.667. The molecule has 0 amide bonds. The van der Waals surface area contributed by atoms with E-state index in [9.17, 15) is 0 Å². The van der Waals surface area contributed by atoms with E-state index in [4.69, 9.17) is 22.6 Å². The zero-order valence-electron chi connectivity index (χ0n) is 3.81. The van der Waals surface area contributed by atoms with Crippen molar-refractivity contribution in [2.75, 3.05) is 0 Å². The largest absolute Gasteiger partial charge is 0.301 e. The number of alkyl halides is 1. The Bertz CT molecular complexity index is 77.9. The fourth-order valence-electron chi connectivity index (χ4n) is 0. The van der Waals surface area contributed by atoms with Crippen LogP contribution in [0.2, 0.25) is 0 Å². The summed E-state index contributed by atoms with van der Waals surface area (Å²) in [5.41, 5.74) is 4.94. The lowest BCUT2D eigenvalue weighted by Crippen LogP contribution is -2.25. The number of nitrogens with two attached hydrogens (primary N) is 1. The van der Waals surface area contributed by atoms with Crippen molar-refractivity contribution in [3.63, 3.8) is 0 Å². The number of nitriles is 1. The molecule has 0 spiro atoms. The van der Waals surface area contributed by atoms with Crippen LogP contribution in [0.25, 0.3) is 0 Å². The normalized spacial score (nSPS) is 15.7. The molecular weight excluding hydrogens is 135 g/mol. The third-order valence-electron chi connectivity index (χ3n) is 0.219. The standard InChI is InChI=1S/C3H5ClN2.ClH/c1-3(4,6)2-5;/h6H2,1H3;1H. The monoisotopic (exact) mass is 140 g/mol. The molecule has 4 heteroatoms. The van der Waals surface area contributed by atoms with Crippen LogP contribution >= 0.6 is 24.0 Å². The molecular formula is C3H6Cl2N2. The van der Waals surface area contributed by atoms with E-state index in [0.29, 0.717) is 0 Å². The number of rotatable bonds is 0. The predicted molar refractivity (Wildman–Crippen MR) is 31.3 cm³/mol. The molecule has 0 aliphatic rings. The summed E-state index contributed by atoms with van der Waals surface area (Å²) in [6.45, 7) is 1.43. The predicted octanol–water partition coefficient (Wildman–Crippen LogP) is 0.845. The molecule has 0 aromatic heterocycles. The maximum absolute atomic E-state index is 7.90. The van der Waals surface area contributed by atoms with Gasteiger partial charge in [0, 0.05) is 0 Å². The maximum atomic E-state index is 7.90. The lowest BCUT2D eigenvalue weighted by Gasteiger charge is -1.98. The van der Waals surface area contributed by atoms with Gasteiger partial charge in [0.05, 0.1) is 0 Å². The van der Waals surface area contributed by atoms with E-state index < -0.39 is 5.00 Å². The Morgan fingerprint density at radius 1 is 1.86 bits per heavy atom. The van der Waals surface area contributed by atoms with Crippen LogP contribution in [0.5, 0.6) is 0 Å². The van der Waals surface area contributed by atoms with Gasteiger partial charge in [-0.3, -0.25) is 0 Å². The highest BCUT2D eigenvalue weighted by Crippen LogP contribution is 1.99. The average molecular weight is 141 g/mol. The Labute approximate surface area is 53.7 Å². The van der Waals surface area contributed by atoms with Crippen LogP contribution in [-0.2, 0) is 0 Å². The van der Waals surface area contributed by atoms with Crippen LogP contribution in [0.1, 0.15) is 6.92 Å². The molecule has 0 heterocycles. The Balaban J connectivity index is 0. The van der Waals surface area contributed by atoms with Crippen LogP contribution in [0.4, 0.5) is 0 Å². The van der Waals surface area contributed by atoms with Crippen LogP contribution in [0.15, 0.2) is 0 Å². The molecule has 0 saturated carbocycles. The minimum Gasteiger partial charge on any atom is -0.301 e. The van der Waals surface area contributed by atoms with Crippen molar-refractivity contribution in [3.05, 3.63) is 0 Å². The van der Waals surface area contributed by atoms with Gasteiger partial charge in [-0.05, 0) is 6.92 Å². The van der Waals surface area contributed by atoms with Gasteiger partial charge in [-0.15, -0.1) is 12.4 Å². The summed E-state index contributed by atoms with van der Waals surface area (Å²) in [7, 11) is 0. The molecule has 0 bridgehead atoms. The molecule has 0 aromatic rings. The molecule has 2 N–H and O–H groups in total. The van der Waals surface area contributed by atoms with Gasteiger partial charge in [0.15, 0.2) is 5.00 Å². The highest BCUT2D eigenvalue weighted by Gasteiger charge is 2.08. The number of halogens is 2. The van der Waals surface area contributed by atoms with Gasteiger partial charge in [-0.2, -0.15) is 5.26 Å². The second kappa shape index (κ2) is 3.09. The Morgan fingerprint density at radius 3 is 2.00 bits per heavy atom. The van der Waals surface area contributed by atoms with Crippen molar-refractivity contribution in [2.24, 2.45) is 5.73 Å². The summed E-state index contributed by atoms with van der Waals surface area (Å²) >= 11 is 5.13. The summed E-state index contributed by atoms with van der Waals surface area (Å²) in [5.74, 6) is 0. The fourth-order valence-corrected chi connectivity index (χ4v) is 0. The number of hydrogen-bond donors (Lipinski definition) is 1. The molecule has 0 aliphatic carbocycles. The molecule has 0 aliphatic heterocycles. The van der Waals surface area contributed by atoms with E-state index in [1.54, 1.807) is 6.07 Å². The zero-order chi connectivity index (χ0) is 5.21. The molecule has 0 fully saturated rings. The third kappa shape index (κ3) is 10.7. The van der Waals surface area contributed by atoms with E-state index in [-0.39, 0.29) is 12.4 Å². The van der Waals surface area contributed by atoms with Gasteiger partial charge in [-0.25, -0.2) is 0 Å². The second-order valence-corrected chi connectivity index (χ2v) is 1.97. The van der Waals surface area contributed by atoms with Gasteiger partial charge in [0.2, 0.25) is 0 Å². The SMILES string of the molecule is CC(N)(Cl)C#N.Cl. The molecule has 0 saturated heterocycles. The third-order valence-corrected chi connectivity index (χ3v) is 0.303. The first-order valence-corrected chi connectivity index (χ1v) is 1.83. The highest BCUT2D eigenvalue weighted by molar-refractivity contribution is 6.24. The Hall–Kier alpha value is 0.0300. The quantitative estimate of drug-likeness (QED) is 0.401. The van der Waals surface area contributed by atoms with Crippen molar-refractivity contribution in [1.82, 2.24) is 0 Å². The van der Waals surface area contributed by atoms with Crippen molar-refractivity contribution in [2.45, 2.75) is 11.9 Å². The van der Waals surface area contributed by atoms with Crippen LogP contribution < -0.4 is 5.73 Å². The van der Waals surface area contributed by atoms with E-state index in [1.165, 1.54) is 6.92 Å². The summed E-state index contributed by atoms with van der Waals surface area (Å²) < 4.78 is 0. The molecule has 1 atom stereocenters. The summed E-state index contributed by atoms with van der Waals surface area (Å²) in [4.78, 5) is -1.18. The van der Waals surface area contributed by atoms with Gasteiger partial charge in [0.1, 0.15) is 6.07 Å². The van der Waals surface area contributed by atoms with E-state index >= 15 is 0 Å². The zero-order valence-corrected chi connectivity index (χ0v) is 5.38. The number of hydrogen-bond acceptors (Lipinski definition) is 2. The highest BCUT2D eigenvalue weighted by atomic mass is 35.5. The summed E-state index contributed by atoms with van der Waals surface area (Å²) in [5, 5.41) is 7.90. The first-order chi connectivity index (χ1) is 2.56.